The molecule has 0 aliphatic carbocycles. The third-order valence-corrected chi connectivity index (χ3v) is 21.1. The molecular weight excluding hydrogens is 481 g/mol. The van der Waals surface area contributed by atoms with Crippen molar-refractivity contribution in [3.8, 4) is 0 Å². The van der Waals surface area contributed by atoms with Gasteiger partial charge >= 0.3 is 35.2 Å². The number of rotatable bonds is 16. The highest BCUT2D eigenvalue weighted by Crippen LogP contribution is 2.38. The first-order valence-corrected chi connectivity index (χ1v) is 20.4. The maximum Gasteiger partial charge on any atom is 0.485 e. The van der Waals surface area contributed by atoms with Crippen LogP contribution >= 0.6 is 0 Å². The minimum absolute atomic E-state index is 0.548. The van der Waals surface area contributed by atoms with E-state index in [0.717, 1.165) is 25.7 Å². The smallest absolute Gasteiger partial charge is 0.374 e. The lowest BCUT2D eigenvalue weighted by molar-refractivity contribution is 0.0141. The fourth-order valence-electron chi connectivity index (χ4n) is 3.28. The number of hydrogen-bond donors (Lipinski definition) is 0. The molecule has 0 N–H and O–H groups in total. The van der Waals surface area contributed by atoms with Gasteiger partial charge in [0.25, 0.3) is 0 Å². The molecule has 1 saturated heterocycles. The molecule has 0 aromatic heterocycles. The van der Waals surface area contributed by atoms with Crippen LogP contribution in [0.1, 0.15) is 81.1 Å². The van der Waals surface area contributed by atoms with Crippen molar-refractivity contribution in [2.24, 2.45) is 0 Å². The summed E-state index contributed by atoms with van der Waals surface area (Å²) in [5, 5.41) is 0. The van der Waals surface area contributed by atoms with Crippen LogP contribution in [0.15, 0.2) is 0 Å². The molecule has 0 bridgehead atoms. The minimum Gasteiger partial charge on any atom is -0.374 e. The Bertz CT molecular complexity index is 418. The molecule has 0 amide bonds. The van der Waals surface area contributed by atoms with E-state index in [9.17, 15) is 0 Å². The SMILES string of the molecule is CCCO[Si]1(CC)O[Si](CC)(OCCC)O[Si](CC)(OCCC)O[Si](CC)(OCCC)O1. The van der Waals surface area contributed by atoms with Crippen molar-refractivity contribution in [2.75, 3.05) is 26.4 Å². The highest BCUT2D eigenvalue weighted by Gasteiger charge is 2.66. The number of hydrogen-bond acceptors (Lipinski definition) is 8. The molecular formula is C20H48O8Si4. The first-order chi connectivity index (χ1) is 15.3. The van der Waals surface area contributed by atoms with Crippen LogP contribution < -0.4 is 0 Å². The second-order valence-corrected chi connectivity index (χ2v) is 20.7. The lowest BCUT2D eigenvalue weighted by Gasteiger charge is -2.49. The second-order valence-electron chi connectivity index (χ2n) is 7.95. The molecule has 8 nitrogen and oxygen atoms in total. The fourth-order valence-corrected chi connectivity index (χ4v) is 22.4. The third-order valence-electron chi connectivity index (χ3n) is 5.08. The highest BCUT2D eigenvalue weighted by molar-refractivity contribution is 6.89. The zero-order valence-electron chi connectivity index (χ0n) is 21.8. The van der Waals surface area contributed by atoms with Gasteiger partial charge in [0.15, 0.2) is 0 Å². The van der Waals surface area contributed by atoms with Gasteiger partial charge < -0.3 is 34.2 Å². The first-order valence-electron chi connectivity index (χ1n) is 12.7. The molecule has 1 aliphatic rings. The molecule has 1 aliphatic heterocycles. The van der Waals surface area contributed by atoms with Gasteiger partial charge in [0.2, 0.25) is 0 Å². The normalized spacial score (nSPS) is 33.8. The Morgan fingerprint density at radius 1 is 0.375 bits per heavy atom. The van der Waals surface area contributed by atoms with Gasteiger partial charge in [0.05, 0.1) is 0 Å². The van der Waals surface area contributed by atoms with Crippen molar-refractivity contribution in [3.05, 3.63) is 0 Å². The molecule has 1 rings (SSSR count). The van der Waals surface area contributed by atoms with Crippen LogP contribution in [0, 0.1) is 0 Å². The predicted molar refractivity (Wildman–Crippen MR) is 134 cm³/mol. The Kier molecular flexibility index (Phi) is 14.2. The predicted octanol–water partition coefficient (Wildman–Crippen LogP) is 5.61. The molecule has 1 fully saturated rings. The van der Waals surface area contributed by atoms with Crippen molar-refractivity contribution in [1.29, 1.82) is 0 Å². The Hall–Kier alpha value is 0.548. The van der Waals surface area contributed by atoms with Gasteiger partial charge in [0.1, 0.15) is 0 Å². The van der Waals surface area contributed by atoms with E-state index in [1.165, 1.54) is 0 Å². The average molecular weight is 529 g/mol. The van der Waals surface area contributed by atoms with E-state index in [1.807, 2.05) is 27.7 Å². The van der Waals surface area contributed by atoms with Gasteiger partial charge in [0, 0.05) is 50.6 Å². The summed E-state index contributed by atoms with van der Waals surface area (Å²) in [6.45, 7) is 18.7. The molecule has 0 aromatic rings. The van der Waals surface area contributed by atoms with Crippen LogP contribution in [0.25, 0.3) is 0 Å². The lowest BCUT2D eigenvalue weighted by Crippen LogP contribution is -2.73. The summed E-state index contributed by atoms with van der Waals surface area (Å²) in [5.41, 5.74) is 0. The standard InChI is InChI=1S/C20H48O8Si4/c1-9-17-21-29(13-5)25-30(14-6,22-18-10-2)27-32(16-8,24-20-12-4)28-31(15-7,26-29)23-19-11-3/h9-20H2,1-8H3. The Morgan fingerprint density at radius 2 is 0.562 bits per heavy atom. The van der Waals surface area contributed by atoms with E-state index in [4.69, 9.17) is 34.2 Å². The molecule has 0 saturated carbocycles. The first kappa shape index (κ1) is 30.6. The monoisotopic (exact) mass is 528 g/mol. The van der Waals surface area contributed by atoms with E-state index in [2.05, 4.69) is 27.7 Å². The zero-order valence-corrected chi connectivity index (χ0v) is 25.8. The van der Waals surface area contributed by atoms with Crippen LogP contribution in [0.4, 0.5) is 0 Å². The highest BCUT2D eigenvalue weighted by atomic mass is 28.6. The molecule has 0 radical (unpaired) electrons. The van der Waals surface area contributed by atoms with Gasteiger partial charge in [-0.15, -0.1) is 0 Å². The van der Waals surface area contributed by atoms with Gasteiger partial charge in [-0.3, -0.25) is 0 Å². The molecule has 1 heterocycles. The third kappa shape index (κ3) is 8.34. The summed E-state index contributed by atoms with van der Waals surface area (Å²) in [6.07, 6.45) is 3.46. The maximum atomic E-state index is 6.86. The Morgan fingerprint density at radius 3 is 0.688 bits per heavy atom. The van der Waals surface area contributed by atoms with Crippen LogP contribution in [-0.4, -0.2) is 61.6 Å². The van der Waals surface area contributed by atoms with E-state index < -0.39 is 35.2 Å². The fraction of sp³-hybridized carbons (Fsp3) is 1.00. The van der Waals surface area contributed by atoms with Crippen LogP contribution in [0.3, 0.4) is 0 Å². The Balaban J connectivity index is 3.59. The van der Waals surface area contributed by atoms with Crippen LogP contribution in [0.5, 0.6) is 0 Å². The molecule has 12 heteroatoms. The Labute approximate surface area is 201 Å². The van der Waals surface area contributed by atoms with Crippen molar-refractivity contribution < 1.29 is 34.2 Å². The second kappa shape index (κ2) is 14.8. The van der Waals surface area contributed by atoms with Gasteiger partial charge in [-0.25, -0.2) is 0 Å². The topological polar surface area (TPSA) is 73.8 Å². The van der Waals surface area contributed by atoms with E-state index in [0.29, 0.717) is 50.6 Å². The summed E-state index contributed by atoms with van der Waals surface area (Å²) in [7, 11) is -12.8. The van der Waals surface area contributed by atoms with Crippen LogP contribution in [-0.2, 0) is 34.2 Å². The largest absolute Gasteiger partial charge is 0.485 e. The van der Waals surface area contributed by atoms with E-state index in [1.54, 1.807) is 0 Å². The van der Waals surface area contributed by atoms with Crippen molar-refractivity contribution in [1.82, 2.24) is 0 Å². The minimum atomic E-state index is -3.19. The van der Waals surface area contributed by atoms with Crippen molar-refractivity contribution >= 4 is 35.2 Å². The van der Waals surface area contributed by atoms with Crippen molar-refractivity contribution in [3.63, 3.8) is 0 Å². The average Bonchev–Trinajstić information content (AvgIpc) is 2.81. The van der Waals surface area contributed by atoms with Gasteiger partial charge in [-0.1, -0.05) is 55.4 Å². The summed E-state index contributed by atoms with van der Waals surface area (Å²) in [4.78, 5) is 0. The molecule has 192 valence electrons. The zero-order chi connectivity index (χ0) is 24.1. The molecule has 0 unspecified atom stereocenters. The van der Waals surface area contributed by atoms with Gasteiger partial charge in [-0.05, 0) is 25.7 Å². The quantitative estimate of drug-likeness (QED) is 0.239. The van der Waals surface area contributed by atoms with E-state index in [-0.39, 0.29) is 0 Å². The van der Waals surface area contributed by atoms with Gasteiger partial charge in [-0.2, -0.15) is 0 Å². The van der Waals surface area contributed by atoms with Crippen LogP contribution in [0.2, 0.25) is 24.2 Å². The summed E-state index contributed by atoms with van der Waals surface area (Å²) in [5.74, 6) is 0. The molecule has 0 aromatic carbocycles. The maximum absolute atomic E-state index is 6.86. The summed E-state index contributed by atoms with van der Waals surface area (Å²) >= 11 is 0. The van der Waals surface area contributed by atoms with Crippen molar-refractivity contribution in [2.45, 2.75) is 105 Å². The summed E-state index contributed by atoms with van der Waals surface area (Å²) in [6, 6.07) is 2.41. The molecule has 0 atom stereocenters. The summed E-state index contributed by atoms with van der Waals surface area (Å²) < 4.78 is 53.0. The lowest BCUT2D eigenvalue weighted by atomic mass is 10.5. The molecule has 0 spiro atoms. The molecule has 32 heavy (non-hydrogen) atoms. The van der Waals surface area contributed by atoms with E-state index >= 15 is 0 Å².